The van der Waals surface area contributed by atoms with Gasteiger partial charge in [0.2, 0.25) is 0 Å². The number of Topliss-reactive ketones (excluding diaryl/α,β-unsaturated/α-hetero) is 1. The van der Waals surface area contributed by atoms with Gasteiger partial charge < -0.3 is 4.42 Å². The van der Waals surface area contributed by atoms with Gasteiger partial charge in [0.05, 0.1) is 16.4 Å². The molecule has 78 valence electrons. The Morgan fingerprint density at radius 3 is 2.79 bits per heavy atom. The third-order valence-corrected chi connectivity index (χ3v) is 5.01. The highest BCUT2D eigenvalue weighted by Gasteiger charge is 2.14. The number of rotatable bonds is 5. The zero-order chi connectivity index (χ0) is 10.6. The number of ketones is 1. The normalized spacial score (nSPS) is 12.8. The van der Waals surface area contributed by atoms with Gasteiger partial charge in [-0.3, -0.25) is 4.79 Å². The number of aryl methyl sites for hydroxylation is 1. The Morgan fingerprint density at radius 1 is 1.64 bits per heavy atom. The predicted octanol–water partition coefficient (Wildman–Crippen LogP) is 3.70. The van der Waals surface area contributed by atoms with Crippen LogP contribution in [0.2, 0.25) is 0 Å². The fourth-order valence-corrected chi connectivity index (χ4v) is 3.75. The number of hydrogen-bond acceptors (Lipinski definition) is 4. The first-order valence-electron chi connectivity index (χ1n) is 4.53. The van der Waals surface area contributed by atoms with Gasteiger partial charge in [0.1, 0.15) is 11.5 Å². The van der Waals surface area contributed by atoms with Crippen LogP contribution in [0.5, 0.6) is 0 Å². The lowest BCUT2D eigenvalue weighted by molar-refractivity contribution is -0.116. The lowest BCUT2D eigenvalue weighted by atomic mass is 10.2. The van der Waals surface area contributed by atoms with Gasteiger partial charge in [-0.15, -0.1) is 0 Å². The third kappa shape index (κ3) is 3.10. The molecule has 1 aromatic heterocycles. The van der Waals surface area contributed by atoms with Gasteiger partial charge in [-0.05, 0) is 26.3 Å². The first-order chi connectivity index (χ1) is 6.65. The van der Waals surface area contributed by atoms with Crippen LogP contribution in [0.25, 0.3) is 0 Å². The molecule has 0 saturated heterocycles. The Morgan fingerprint density at radius 2 is 2.36 bits per heavy atom. The summed E-state index contributed by atoms with van der Waals surface area (Å²) in [6.07, 6.45) is 2.55. The van der Waals surface area contributed by atoms with Crippen LogP contribution in [0.1, 0.15) is 26.0 Å². The summed E-state index contributed by atoms with van der Waals surface area (Å²) in [5.41, 5.74) is 0. The molecule has 0 aliphatic heterocycles. The van der Waals surface area contributed by atoms with Crippen LogP contribution >= 0.6 is 21.6 Å². The van der Waals surface area contributed by atoms with Gasteiger partial charge in [-0.1, -0.05) is 28.5 Å². The molecule has 1 rings (SSSR count). The highest BCUT2D eigenvalue weighted by Crippen LogP contribution is 2.37. The van der Waals surface area contributed by atoms with Crippen molar-refractivity contribution in [1.82, 2.24) is 0 Å². The molecule has 0 spiro atoms. The molecule has 0 N–H and O–H groups in total. The molecule has 0 bridgehead atoms. The number of carbonyl (C=O) groups is 1. The van der Waals surface area contributed by atoms with E-state index in [-0.39, 0.29) is 11.0 Å². The van der Waals surface area contributed by atoms with Crippen molar-refractivity contribution >= 4 is 27.4 Å². The second kappa shape index (κ2) is 5.51. The molecule has 0 fully saturated rings. The fraction of sp³-hybridized carbons (Fsp3) is 0.500. The van der Waals surface area contributed by atoms with Gasteiger partial charge in [0.25, 0.3) is 0 Å². The molecule has 1 aromatic rings. The van der Waals surface area contributed by atoms with Gasteiger partial charge >= 0.3 is 0 Å². The molecule has 4 heteroatoms. The fourth-order valence-electron chi connectivity index (χ4n) is 0.993. The summed E-state index contributed by atoms with van der Waals surface area (Å²) in [5, 5.41) is 0.0919. The number of carbonyl (C=O) groups excluding carboxylic acids is 1. The number of hydrogen-bond donors (Lipinski definition) is 0. The maximum Gasteiger partial charge on any atom is 0.143 e. The average Bonchev–Trinajstić information content (AvgIpc) is 2.52. The first-order valence-corrected chi connectivity index (χ1v) is 6.74. The molecule has 1 atom stereocenters. The third-order valence-electron chi connectivity index (χ3n) is 1.89. The van der Waals surface area contributed by atoms with E-state index in [1.54, 1.807) is 34.8 Å². The molecular formula is C10H14O2S2. The molecule has 0 saturated carbocycles. The molecule has 0 aliphatic carbocycles. The van der Waals surface area contributed by atoms with Crippen molar-refractivity contribution in [3.05, 3.63) is 18.1 Å². The van der Waals surface area contributed by atoms with Gasteiger partial charge in [-0.25, -0.2) is 0 Å². The first kappa shape index (κ1) is 11.7. The average molecular weight is 230 g/mol. The summed E-state index contributed by atoms with van der Waals surface area (Å²) in [6.45, 7) is 5.60. The predicted molar refractivity (Wildman–Crippen MR) is 61.7 cm³/mol. The van der Waals surface area contributed by atoms with E-state index < -0.39 is 0 Å². The van der Waals surface area contributed by atoms with Crippen LogP contribution in [-0.2, 0) is 4.79 Å². The van der Waals surface area contributed by atoms with Gasteiger partial charge in [0.15, 0.2) is 0 Å². The monoisotopic (exact) mass is 230 g/mol. The van der Waals surface area contributed by atoms with Crippen molar-refractivity contribution < 1.29 is 9.21 Å². The molecule has 0 aromatic carbocycles. The van der Waals surface area contributed by atoms with Crippen molar-refractivity contribution in [2.24, 2.45) is 0 Å². The molecule has 1 unspecified atom stereocenters. The second-order valence-corrected chi connectivity index (χ2v) is 5.47. The van der Waals surface area contributed by atoms with Crippen molar-refractivity contribution in [2.45, 2.75) is 37.3 Å². The Bertz CT molecular complexity index is 307. The summed E-state index contributed by atoms with van der Waals surface area (Å²) >= 11 is 0. The minimum Gasteiger partial charge on any atom is -0.468 e. The summed E-state index contributed by atoms with van der Waals surface area (Å²) in [6, 6.07) is 1.93. The van der Waals surface area contributed by atoms with Crippen LogP contribution in [0.4, 0.5) is 0 Å². The zero-order valence-electron chi connectivity index (χ0n) is 8.57. The quantitative estimate of drug-likeness (QED) is 0.722. The molecular weight excluding hydrogens is 216 g/mol. The van der Waals surface area contributed by atoms with Crippen LogP contribution in [0.3, 0.4) is 0 Å². The van der Waals surface area contributed by atoms with Crippen LogP contribution in [0.15, 0.2) is 21.6 Å². The topological polar surface area (TPSA) is 30.2 Å². The lowest BCUT2D eigenvalue weighted by Gasteiger charge is -2.08. The van der Waals surface area contributed by atoms with Crippen molar-refractivity contribution in [3.8, 4) is 0 Å². The summed E-state index contributed by atoms with van der Waals surface area (Å²) in [7, 11) is 3.23. The summed E-state index contributed by atoms with van der Waals surface area (Å²) in [4.78, 5) is 12.3. The Kier molecular flexibility index (Phi) is 4.62. The molecule has 0 aliphatic rings. The lowest BCUT2D eigenvalue weighted by Crippen LogP contribution is -2.10. The molecule has 2 nitrogen and oxygen atoms in total. The second-order valence-electron chi connectivity index (χ2n) is 3.03. The molecule has 0 radical (unpaired) electrons. The molecule has 14 heavy (non-hydrogen) atoms. The smallest absolute Gasteiger partial charge is 0.143 e. The van der Waals surface area contributed by atoms with E-state index in [1.807, 2.05) is 19.9 Å². The van der Waals surface area contributed by atoms with E-state index in [0.29, 0.717) is 0 Å². The molecule has 0 amide bonds. The van der Waals surface area contributed by atoms with Crippen molar-refractivity contribution in [2.75, 3.05) is 0 Å². The SMILES string of the molecule is CCC(SSc1ccoc1C)C(C)=O. The highest BCUT2D eigenvalue weighted by atomic mass is 33.1. The van der Waals surface area contributed by atoms with E-state index in [2.05, 4.69) is 0 Å². The van der Waals surface area contributed by atoms with E-state index in [0.717, 1.165) is 17.1 Å². The van der Waals surface area contributed by atoms with E-state index in [1.165, 1.54) is 0 Å². The van der Waals surface area contributed by atoms with Gasteiger partial charge in [0, 0.05) is 0 Å². The molecule has 1 heterocycles. The zero-order valence-corrected chi connectivity index (χ0v) is 10.2. The summed E-state index contributed by atoms with van der Waals surface area (Å²) in [5.74, 6) is 1.16. The van der Waals surface area contributed by atoms with Crippen LogP contribution in [0, 0.1) is 6.92 Å². The Hall–Kier alpha value is -0.350. The number of furan rings is 1. The van der Waals surface area contributed by atoms with Gasteiger partial charge in [-0.2, -0.15) is 0 Å². The van der Waals surface area contributed by atoms with Crippen molar-refractivity contribution in [1.29, 1.82) is 0 Å². The van der Waals surface area contributed by atoms with Crippen LogP contribution < -0.4 is 0 Å². The standard InChI is InChI=1S/C10H14O2S2/c1-4-9(7(2)11)13-14-10-5-6-12-8(10)3/h5-6,9H,4H2,1-3H3. The minimum atomic E-state index is 0.0919. The largest absolute Gasteiger partial charge is 0.468 e. The maximum atomic E-state index is 11.2. The maximum absolute atomic E-state index is 11.2. The van der Waals surface area contributed by atoms with Crippen LogP contribution in [-0.4, -0.2) is 11.0 Å². The van der Waals surface area contributed by atoms with E-state index in [9.17, 15) is 4.79 Å². The Balaban J connectivity index is 2.47. The van der Waals surface area contributed by atoms with E-state index >= 15 is 0 Å². The minimum absolute atomic E-state index is 0.0919. The highest BCUT2D eigenvalue weighted by molar-refractivity contribution is 8.77. The Labute approximate surface area is 92.2 Å². The van der Waals surface area contributed by atoms with E-state index in [4.69, 9.17) is 4.42 Å². The van der Waals surface area contributed by atoms with Crippen molar-refractivity contribution in [3.63, 3.8) is 0 Å². The summed E-state index contributed by atoms with van der Waals surface area (Å²) < 4.78 is 5.17.